The van der Waals surface area contributed by atoms with Gasteiger partial charge >= 0.3 is 0 Å². The Morgan fingerprint density at radius 1 is 1.30 bits per heavy atom. The van der Waals surface area contributed by atoms with Crippen molar-refractivity contribution in [3.8, 4) is 0 Å². The van der Waals surface area contributed by atoms with E-state index in [1.807, 2.05) is 0 Å². The number of morpholine rings is 1. The molecule has 0 aliphatic carbocycles. The zero-order chi connectivity index (χ0) is 14.5. The number of Topliss-reactive ketones (excluding diaryl/α,β-unsaturated/α-hetero) is 1. The van der Waals surface area contributed by atoms with Gasteiger partial charge in [0.05, 0.1) is 6.61 Å². The molecule has 0 aromatic heterocycles. The molecule has 1 fully saturated rings. The predicted molar refractivity (Wildman–Crippen MR) is 81.1 cm³/mol. The van der Waals surface area contributed by atoms with Crippen LogP contribution in [-0.4, -0.2) is 43.0 Å². The molecule has 0 spiro atoms. The molecule has 3 nitrogen and oxygen atoms in total. The largest absolute Gasteiger partial charge is 0.368 e. The lowest BCUT2D eigenvalue weighted by molar-refractivity contribution is -0.135. The molecule has 0 radical (unpaired) electrons. The molecular formula is C17H25NO2. The first-order valence-corrected chi connectivity index (χ1v) is 7.52. The van der Waals surface area contributed by atoms with E-state index < -0.39 is 0 Å². The van der Waals surface area contributed by atoms with E-state index >= 15 is 0 Å². The van der Waals surface area contributed by atoms with Gasteiger partial charge in [0.2, 0.25) is 0 Å². The van der Waals surface area contributed by atoms with Gasteiger partial charge in [-0.05, 0) is 32.4 Å². The van der Waals surface area contributed by atoms with Crippen LogP contribution in [0.4, 0.5) is 0 Å². The molecule has 1 unspecified atom stereocenters. The molecule has 1 aliphatic heterocycles. The summed E-state index contributed by atoms with van der Waals surface area (Å²) >= 11 is 0. The second-order valence-corrected chi connectivity index (χ2v) is 5.80. The Balaban J connectivity index is 1.97. The van der Waals surface area contributed by atoms with Gasteiger partial charge in [-0.15, -0.1) is 0 Å². The molecule has 0 amide bonds. The van der Waals surface area contributed by atoms with E-state index in [1.54, 1.807) is 0 Å². The number of carbonyl (C=O) groups excluding carboxylic acids is 1. The Kier molecular flexibility index (Phi) is 5.32. The molecule has 1 aliphatic rings. The molecule has 1 aromatic rings. The average molecular weight is 275 g/mol. The highest BCUT2D eigenvalue weighted by Crippen LogP contribution is 2.13. The highest BCUT2D eigenvalue weighted by atomic mass is 16.5. The fraction of sp³-hybridized carbons (Fsp3) is 0.588. The molecule has 1 saturated heterocycles. The first kappa shape index (κ1) is 15.2. The standard InChI is InChI=1S/C17H25NO2/c1-4-5-18-6-7-20-17(12-18)16(19)11-15-9-13(2)8-14(3)10-15/h8-10,17H,4-7,11-12H2,1-3H3. The summed E-state index contributed by atoms with van der Waals surface area (Å²) in [5.74, 6) is 0.204. The maximum absolute atomic E-state index is 12.4. The van der Waals surface area contributed by atoms with Crippen LogP contribution in [-0.2, 0) is 16.0 Å². The number of carbonyl (C=O) groups is 1. The van der Waals surface area contributed by atoms with E-state index in [2.05, 4.69) is 43.9 Å². The van der Waals surface area contributed by atoms with E-state index in [1.165, 1.54) is 11.1 Å². The van der Waals surface area contributed by atoms with Crippen LogP contribution < -0.4 is 0 Å². The van der Waals surface area contributed by atoms with Crippen LogP contribution in [0.1, 0.15) is 30.0 Å². The van der Waals surface area contributed by atoms with E-state index in [0.717, 1.165) is 31.6 Å². The molecule has 1 atom stereocenters. The fourth-order valence-corrected chi connectivity index (χ4v) is 2.90. The molecule has 0 bridgehead atoms. The van der Waals surface area contributed by atoms with Gasteiger partial charge in [-0.25, -0.2) is 0 Å². The molecule has 20 heavy (non-hydrogen) atoms. The summed E-state index contributed by atoms with van der Waals surface area (Å²) < 4.78 is 5.66. The van der Waals surface area contributed by atoms with Crippen molar-refractivity contribution in [3.63, 3.8) is 0 Å². The number of benzene rings is 1. The van der Waals surface area contributed by atoms with Gasteiger partial charge in [-0.1, -0.05) is 36.2 Å². The lowest BCUT2D eigenvalue weighted by atomic mass is 10.0. The molecule has 1 heterocycles. The minimum Gasteiger partial charge on any atom is -0.368 e. The van der Waals surface area contributed by atoms with Gasteiger partial charge < -0.3 is 4.74 Å². The zero-order valence-electron chi connectivity index (χ0n) is 12.8. The van der Waals surface area contributed by atoms with Gasteiger partial charge in [0, 0.05) is 19.5 Å². The quantitative estimate of drug-likeness (QED) is 0.827. The number of rotatable bonds is 5. The number of hydrogen-bond acceptors (Lipinski definition) is 3. The molecule has 110 valence electrons. The van der Waals surface area contributed by atoms with Crippen molar-refractivity contribution in [2.75, 3.05) is 26.2 Å². The van der Waals surface area contributed by atoms with E-state index in [0.29, 0.717) is 13.0 Å². The lowest BCUT2D eigenvalue weighted by Crippen LogP contribution is -2.46. The number of nitrogens with zero attached hydrogens (tertiary/aromatic N) is 1. The Morgan fingerprint density at radius 3 is 2.65 bits per heavy atom. The number of aryl methyl sites for hydroxylation is 2. The topological polar surface area (TPSA) is 29.5 Å². The minimum absolute atomic E-state index is 0.204. The van der Waals surface area contributed by atoms with Crippen molar-refractivity contribution < 1.29 is 9.53 Å². The van der Waals surface area contributed by atoms with Crippen molar-refractivity contribution in [3.05, 3.63) is 34.9 Å². The Bertz CT molecular complexity index is 448. The van der Waals surface area contributed by atoms with Crippen molar-refractivity contribution in [1.29, 1.82) is 0 Å². The fourth-order valence-electron chi connectivity index (χ4n) is 2.90. The van der Waals surface area contributed by atoms with Gasteiger partial charge in [0.15, 0.2) is 5.78 Å². The summed E-state index contributed by atoms with van der Waals surface area (Å²) in [6.45, 7) is 9.72. The second-order valence-electron chi connectivity index (χ2n) is 5.80. The molecule has 0 N–H and O–H groups in total. The summed E-state index contributed by atoms with van der Waals surface area (Å²) in [7, 11) is 0. The summed E-state index contributed by atoms with van der Waals surface area (Å²) in [6, 6.07) is 6.32. The monoisotopic (exact) mass is 275 g/mol. The van der Waals surface area contributed by atoms with E-state index in [-0.39, 0.29) is 11.9 Å². The number of hydrogen-bond donors (Lipinski definition) is 0. The highest BCUT2D eigenvalue weighted by molar-refractivity contribution is 5.85. The molecule has 0 saturated carbocycles. The zero-order valence-corrected chi connectivity index (χ0v) is 12.8. The Labute approximate surface area is 121 Å². The van der Waals surface area contributed by atoms with Crippen LogP contribution in [0.2, 0.25) is 0 Å². The van der Waals surface area contributed by atoms with Crippen molar-refractivity contribution in [2.45, 2.75) is 39.7 Å². The average Bonchev–Trinajstić information content (AvgIpc) is 2.38. The first-order valence-electron chi connectivity index (χ1n) is 7.52. The molecule has 1 aromatic carbocycles. The molecule has 3 heteroatoms. The van der Waals surface area contributed by atoms with E-state index in [4.69, 9.17) is 4.74 Å². The van der Waals surface area contributed by atoms with Crippen LogP contribution in [0.25, 0.3) is 0 Å². The van der Waals surface area contributed by atoms with Gasteiger partial charge in [-0.3, -0.25) is 9.69 Å². The van der Waals surface area contributed by atoms with Gasteiger partial charge in [0.25, 0.3) is 0 Å². The number of ketones is 1. The Morgan fingerprint density at radius 2 is 2.00 bits per heavy atom. The third-order valence-electron chi connectivity index (χ3n) is 3.71. The van der Waals surface area contributed by atoms with Crippen molar-refractivity contribution in [2.24, 2.45) is 0 Å². The maximum Gasteiger partial charge on any atom is 0.167 e. The molecule has 2 rings (SSSR count). The van der Waals surface area contributed by atoms with Crippen LogP contribution >= 0.6 is 0 Å². The smallest absolute Gasteiger partial charge is 0.167 e. The van der Waals surface area contributed by atoms with Crippen LogP contribution in [0, 0.1) is 13.8 Å². The van der Waals surface area contributed by atoms with Gasteiger partial charge in [0.1, 0.15) is 6.10 Å². The van der Waals surface area contributed by atoms with Crippen LogP contribution in [0.3, 0.4) is 0 Å². The highest BCUT2D eigenvalue weighted by Gasteiger charge is 2.26. The summed E-state index contributed by atoms with van der Waals surface area (Å²) in [4.78, 5) is 14.7. The normalized spacial score (nSPS) is 20.1. The minimum atomic E-state index is -0.254. The third-order valence-corrected chi connectivity index (χ3v) is 3.71. The van der Waals surface area contributed by atoms with Gasteiger partial charge in [-0.2, -0.15) is 0 Å². The summed E-state index contributed by atoms with van der Waals surface area (Å²) in [5.41, 5.74) is 3.53. The third kappa shape index (κ3) is 4.15. The second kappa shape index (κ2) is 7.00. The first-order chi connectivity index (χ1) is 9.58. The molecular weight excluding hydrogens is 250 g/mol. The SMILES string of the molecule is CCCN1CCOC(C(=O)Cc2cc(C)cc(C)c2)C1. The number of ether oxygens (including phenoxy) is 1. The van der Waals surface area contributed by atoms with E-state index in [9.17, 15) is 4.79 Å². The maximum atomic E-state index is 12.4. The van der Waals surface area contributed by atoms with Crippen molar-refractivity contribution in [1.82, 2.24) is 4.90 Å². The van der Waals surface area contributed by atoms with Crippen LogP contribution in [0.5, 0.6) is 0 Å². The van der Waals surface area contributed by atoms with Crippen molar-refractivity contribution >= 4 is 5.78 Å². The van der Waals surface area contributed by atoms with Crippen LogP contribution in [0.15, 0.2) is 18.2 Å². The summed E-state index contributed by atoms with van der Waals surface area (Å²) in [6.07, 6.45) is 1.35. The predicted octanol–water partition coefficient (Wildman–Crippen LogP) is 2.53. The summed E-state index contributed by atoms with van der Waals surface area (Å²) in [5, 5.41) is 0. The lowest BCUT2D eigenvalue weighted by Gasteiger charge is -2.31. The Hall–Kier alpha value is -1.19.